The molecule has 0 aliphatic heterocycles. The van der Waals surface area contributed by atoms with Crippen molar-refractivity contribution in [2.75, 3.05) is 19.1 Å². The minimum atomic E-state index is -0.517. The lowest BCUT2D eigenvalue weighted by molar-refractivity contribution is -0.119. The van der Waals surface area contributed by atoms with Crippen LogP contribution >= 0.6 is 11.6 Å². The van der Waals surface area contributed by atoms with Crippen LogP contribution in [0.4, 0.5) is 0 Å². The first kappa shape index (κ1) is 19.5. The molecular formula is C20H16ClN5O4. The van der Waals surface area contributed by atoms with Gasteiger partial charge >= 0.3 is 0 Å². The average molecular weight is 426 g/mol. The number of aromatic nitrogens is 4. The highest BCUT2D eigenvalue weighted by atomic mass is 35.5. The Morgan fingerprint density at radius 1 is 1.17 bits per heavy atom. The fourth-order valence-electron chi connectivity index (χ4n) is 2.78. The summed E-state index contributed by atoms with van der Waals surface area (Å²) in [6.45, 7) is -0.279. The van der Waals surface area contributed by atoms with Gasteiger partial charge in [-0.2, -0.15) is 5.10 Å². The van der Waals surface area contributed by atoms with Gasteiger partial charge in [0.25, 0.3) is 11.5 Å². The lowest BCUT2D eigenvalue weighted by Gasteiger charge is -2.10. The molecular weight excluding hydrogens is 410 g/mol. The molecule has 4 aromatic rings. The number of amides is 1. The molecule has 0 radical (unpaired) electrons. The Balaban J connectivity index is 1.50. The Kier molecular flexibility index (Phi) is 5.36. The van der Waals surface area contributed by atoms with E-state index in [4.69, 9.17) is 21.1 Å². The van der Waals surface area contributed by atoms with E-state index in [1.54, 1.807) is 55.6 Å². The average Bonchev–Trinajstić information content (AvgIpc) is 3.19. The molecule has 0 aliphatic rings. The number of benzene rings is 2. The Morgan fingerprint density at radius 2 is 1.93 bits per heavy atom. The second-order valence-corrected chi connectivity index (χ2v) is 6.63. The van der Waals surface area contributed by atoms with E-state index in [1.807, 2.05) is 0 Å². The molecule has 0 spiro atoms. The lowest BCUT2D eigenvalue weighted by Crippen LogP contribution is -2.35. The fraction of sp³-hybridized carbons (Fsp3) is 0.100. The van der Waals surface area contributed by atoms with Gasteiger partial charge in [0.2, 0.25) is 0 Å². The first-order chi connectivity index (χ1) is 14.5. The normalized spacial score (nSPS) is 10.7. The smallest absolute Gasteiger partial charge is 0.283 e. The van der Waals surface area contributed by atoms with Crippen molar-refractivity contribution in [2.45, 2.75) is 0 Å². The number of nitrogens with zero attached hydrogens (tertiary/aromatic N) is 4. The highest BCUT2D eigenvalue weighted by molar-refractivity contribution is 6.30. The molecule has 0 saturated heterocycles. The summed E-state index contributed by atoms with van der Waals surface area (Å²) in [5, 5.41) is 4.99. The first-order valence-electron chi connectivity index (χ1n) is 8.83. The number of methoxy groups -OCH3 is 1. The van der Waals surface area contributed by atoms with Crippen LogP contribution in [0.5, 0.6) is 11.5 Å². The fourth-order valence-corrected chi connectivity index (χ4v) is 2.96. The number of fused-ring (bicyclic) bond motifs is 1. The molecule has 1 N–H and O–H groups in total. The Morgan fingerprint density at radius 3 is 2.67 bits per heavy atom. The van der Waals surface area contributed by atoms with Crippen molar-refractivity contribution in [3.63, 3.8) is 0 Å². The Bertz CT molecular complexity index is 1270. The molecule has 4 rings (SSSR count). The summed E-state index contributed by atoms with van der Waals surface area (Å²) in [6.07, 6.45) is 2.61. The van der Waals surface area contributed by atoms with E-state index in [1.165, 1.54) is 17.2 Å². The topological polar surface area (TPSA) is 100 Å². The van der Waals surface area contributed by atoms with Gasteiger partial charge in [-0.15, -0.1) is 0 Å². The van der Waals surface area contributed by atoms with Gasteiger partial charge in [0.15, 0.2) is 12.3 Å². The largest absolute Gasteiger partial charge is 0.497 e. The zero-order valence-electron chi connectivity index (χ0n) is 15.8. The van der Waals surface area contributed by atoms with Gasteiger partial charge in [-0.05, 0) is 42.5 Å². The standard InChI is InChI=1S/C20H16ClN5O4/c1-29-15-5-7-16(8-6-15)30-11-18(27)24-25-12-22-19-17(20(25)28)10-23-26(19)14-4-2-3-13(21)9-14/h2-10,12H,11H2,1H3,(H,24,27). The van der Waals surface area contributed by atoms with Crippen molar-refractivity contribution < 1.29 is 14.3 Å². The predicted octanol–water partition coefficient (Wildman–Crippen LogP) is 2.39. The van der Waals surface area contributed by atoms with Gasteiger partial charge in [-0.1, -0.05) is 17.7 Å². The van der Waals surface area contributed by atoms with Crippen LogP contribution in [0.15, 0.2) is 65.8 Å². The maximum atomic E-state index is 12.7. The van der Waals surface area contributed by atoms with Gasteiger partial charge < -0.3 is 9.47 Å². The second-order valence-electron chi connectivity index (χ2n) is 6.19. The van der Waals surface area contributed by atoms with Crippen LogP contribution in [0, 0.1) is 0 Å². The molecule has 2 aromatic heterocycles. The number of hydrogen-bond donors (Lipinski definition) is 1. The molecule has 0 aliphatic carbocycles. The predicted molar refractivity (Wildman–Crippen MR) is 111 cm³/mol. The van der Waals surface area contributed by atoms with Crippen LogP contribution in [-0.4, -0.2) is 39.1 Å². The summed E-state index contributed by atoms with van der Waals surface area (Å²) < 4.78 is 13.0. The number of carbonyl (C=O) groups excluding carboxylic acids is 1. The SMILES string of the molecule is COc1ccc(OCC(=O)Nn2cnc3c(cnn3-c3cccc(Cl)c3)c2=O)cc1. The van der Waals surface area contributed by atoms with E-state index in [0.29, 0.717) is 27.9 Å². The van der Waals surface area contributed by atoms with Gasteiger partial charge in [-0.3, -0.25) is 15.0 Å². The Labute approximate surface area is 175 Å². The van der Waals surface area contributed by atoms with Crippen LogP contribution < -0.4 is 20.5 Å². The van der Waals surface area contributed by atoms with Crippen LogP contribution in [-0.2, 0) is 4.79 Å². The third kappa shape index (κ3) is 3.96. The number of halogens is 1. The highest BCUT2D eigenvalue weighted by Crippen LogP contribution is 2.18. The molecule has 0 atom stereocenters. The van der Waals surface area contributed by atoms with Crippen molar-refractivity contribution in [3.8, 4) is 17.2 Å². The minimum absolute atomic E-state index is 0.244. The summed E-state index contributed by atoms with van der Waals surface area (Å²) >= 11 is 6.02. The second kappa shape index (κ2) is 8.26. The lowest BCUT2D eigenvalue weighted by atomic mass is 10.3. The van der Waals surface area contributed by atoms with Crippen molar-refractivity contribution in [3.05, 3.63) is 76.4 Å². The van der Waals surface area contributed by atoms with Crippen LogP contribution in [0.3, 0.4) is 0 Å². The van der Waals surface area contributed by atoms with E-state index in [2.05, 4.69) is 15.5 Å². The molecule has 30 heavy (non-hydrogen) atoms. The third-order valence-corrected chi connectivity index (χ3v) is 4.45. The highest BCUT2D eigenvalue weighted by Gasteiger charge is 2.13. The summed E-state index contributed by atoms with van der Waals surface area (Å²) in [7, 11) is 1.56. The third-order valence-electron chi connectivity index (χ3n) is 4.22. The summed E-state index contributed by atoms with van der Waals surface area (Å²) in [5.41, 5.74) is 3.00. The molecule has 10 heteroatoms. The molecule has 9 nitrogen and oxygen atoms in total. The van der Waals surface area contributed by atoms with Crippen molar-refractivity contribution in [1.29, 1.82) is 0 Å². The van der Waals surface area contributed by atoms with Gasteiger partial charge in [-0.25, -0.2) is 14.3 Å². The maximum Gasteiger partial charge on any atom is 0.283 e. The number of hydrogen-bond acceptors (Lipinski definition) is 6. The molecule has 152 valence electrons. The van der Waals surface area contributed by atoms with E-state index in [9.17, 15) is 9.59 Å². The van der Waals surface area contributed by atoms with E-state index in [-0.39, 0.29) is 12.0 Å². The van der Waals surface area contributed by atoms with Crippen molar-refractivity contribution in [1.82, 2.24) is 19.4 Å². The van der Waals surface area contributed by atoms with E-state index < -0.39 is 11.5 Å². The quantitative estimate of drug-likeness (QED) is 0.509. The monoisotopic (exact) mass is 425 g/mol. The Hall–Kier alpha value is -3.85. The van der Waals surface area contributed by atoms with Crippen LogP contribution in [0.25, 0.3) is 16.7 Å². The van der Waals surface area contributed by atoms with E-state index in [0.717, 1.165) is 4.68 Å². The summed E-state index contributed by atoms with van der Waals surface area (Å²) in [4.78, 5) is 29.1. The molecule has 2 heterocycles. The summed E-state index contributed by atoms with van der Waals surface area (Å²) in [6, 6.07) is 13.8. The zero-order valence-corrected chi connectivity index (χ0v) is 16.5. The minimum Gasteiger partial charge on any atom is -0.497 e. The van der Waals surface area contributed by atoms with E-state index >= 15 is 0 Å². The zero-order chi connectivity index (χ0) is 21.1. The maximum absolute atomic E-state index is 12.7. The summed E-state index contributed by atoms with van der Waals surface area (Å²) in [5.74, 6) is 0.655. The number of carbonyl (C=O) groups is 1. The van der Waals surface area contributed by atoms with Crippen molar-refractivity contribution in [2.24, 2.45) is 0 Å². The van der Waals surface area contributed by atoms with Gasteiger partial charge in [0.1, 0.15) is 23.2 Å². The molecule has 1 amide bonds. The molecule has 0 fully saturated rings. The molecule has 2 aromatic carbocycles. The molecule has 0 bridgehead atoms. The number of nitrogens with one attached hydrogen (secondary N) is 1. The molecule has 0 saturated carbocycles. The molecule has 0 unspecified atom stereocenters. The van der Waals surface area contributed by atoms with Crippen LogP contribution in [0.2, 0.25) is 5.02 Å². The van der Waals surface area contributed by atoms with Gasteiger partial charge in [0, 0.05) is 5.02 Å². The number of rotatable bonds is 6. The van der Waals surface area contributed by atoms with Gasteiger partial charge in [0.05, 0.1) is 19.0 Å². The number of ether oxygens (including phenoxy) is 2. The first-order valence-corrected chi connectivity index (χ1v) is 9.21. The van der Waals surface area contributed by atoms with Crippen LogP contribution in [0.1, 0.15) is 0 Å². The van der Waals surface area contributed by atoms with Crippen molar-refractivity contribution >= 4 is 28.5 Å².